The van der Waals surface area contributed by atoms with E-state index in [4.69, 9.17) is 0 Å². The van der Waals surface area contributed by atoms with Crippen LogP contribution in [0.25, 0.3) is 0 Å². The summed E-state index contributed by atoms with van der Waals surface area (Å²) >= 11 is 0. The summed E-state index contributed by atoms with van der Waals surface area (Å²) in [6.45, 7) is 5.19. The molecule has 1 aliphatic heterocycles. The van der Waals surface area contributed by atoms with Crippen LogP contribution in [0.5, 0.6) is 0 Å². The normalized spacial score (nSPS) is 15.7. The number of anilines is 1. The molecule has 138 valence electrons. The number of nitrogens with one attached hydrogen (secondary N) is 1. The van der Waals surface area contributed by atoms with Crippen LogP contribution in [0.1, 0.15) is 37.3 Å². The Bertz CT molecular complexity index is 690. The van der Waals surface area contributed by atoms with Gasteiger partial charge in [0.1, 0.15) is 0 Å². The molecule has 1 amide bonds. The molecule has 3 rings (SSSR count). The Morgan fingerprint density at radius 3 is 2.46 bits per heavy atom. The van der Waals surface area contributed by atoms with E-state index in [1.54, 1.807) is 0 Å². The van der Waals surface area contributed by atoms with Crippen molar-refractivity contribution in [3.05, 3.63) is 65.7 Å². The van der Waals surface area contributed by atoms with Gasteiger partial charge in [-0.05, 0) is 61.9 Å². The Morgan fingerprint density at radius 1 is 1.04 bits per heavy atom. The van der Waals surface area contributed by atoms with Gasteiger partial charge in [-0.25, -0.2) is 0 Å². The van der Waals surface area contributed by atoms with Crippen molar-refractivity contribution < 1.29 is 4.79 Å². The molecule has 0 unspecified atom stereocenters. The van der Waals surface area contributed by atoms with E-state index >= 15 is 0 Å². The van der Waals surface area contributed by atoms with E-state index < -0.39 is 0 Å². The first kappa shape index (κ1) is 18.7. The number of benzene rings is 2. The molecule has 1 heterocycles. The second-order valence-corrected chi connectivity index (χ2v) is 7.28. The van der Waals surface area contributed by atoms with Crippen molar-refractivity contribution in [3.63, 3.8) is 0 Å². The summed E-state index contributed by atoms with van der Waals surface area (Å²) in [7, 11) is 0. The molecule has 0 saturated carbocycles. The van der Waals surface area contributed by atoms with Crippen molar-refractivity contribution in [1.29, 1.82) is 0 Å². The largest absolute Gasteiger partial charge is 0.326 e. The van der Waals surface area contributed by atoms with Gasteiger partial charge in [0, 0.05) is 18.7 Å². The third-order valence-corrected chi connectivity index (χ3v) is 5.40. The van der Waals surface area contributed by atoms with Crippen LogP contribution in [0.3, 0.4) is 0 Å². The maximum atomic E-state index is 12.3. The lowest BCUT2D eigenvalue weighted by Gasteiger charge is -2.31. The molecule has 0 aromatic heterocycles. The summed E-state index contributed by atoms with van der Waals surface area (Å²) in [6.07, 6.45) is 5.15. The summed E-state index contributed by atoms with van der Waals surface area (Å²) in [5.74, 6) is 0.899. The maximum absolute atomic E-state index is 12.3. The number of hydrogen-bond donors (Lipinski definition) is 1. The van der Waals surface area contributed by atoms with Gasteiger partial charge in [0.25, 0.3) is 0 Å². The topological polar surface area (TPSA) is 32.3 Å². The van der Waals surface area contributed by atoms with E-state index in [-0.39, 0.29) is 5.91 Å². The molecule has 0 spiro atoms. The highest BCUT2D eigenvalue weighted by Gasteiger charge is 2.20. The molecule has 1 aliphatic rings. The summed E-state index contributed by atoms with van der Waals surface area (Å²) in [5, 5.41) is 3.08. The van der Waals surface area contributed by atoms with E-state index in [1.807, 2.05) is 18.2 Å². The minimum Gasteiger partial charge on any atom is -0.326 e. The second kappa shape index (κ2) is 9.54. The van der Waals surface area contributed by atoms with Gasteiger partial charge in [0.05, 0.1) is 0 Å². The predicted octanol–water partition coefficient (Wildman–Crippen LogP) is 4.53. The van der Waals surface area contributed by atoms with Crippen molar-refractivity contribution in [1.82, 2.24) is 4.90 Å². The molecule has 1 N–H and O–H groups in total. The van der Waals surface area contributed by atoms with Gasteiger partial charge in [0.15, 0.2) is 0 Å². The number of hydrogen-bond acceptors (Lipinski definition) is 2. The lowest BCUT2D eigenvalue weighted by Crippen LogP contribution is -2.36. The van der Waals surface area contributed by atoms with Crippen molar-refractivity contribution >= 4 is 11.6 Å². The molecule has 0 aliphatic carbocycles. The number of rotatable bonds is 7. The van der Waals surface area contributed by atoms with Crippen LogP contribution in [-0.4, -0.2) is 30.4 Å². The fourth-order valence-electron chi connectivity index (χ4n) is 3.78. The Balaban J connectivity index is 1.39. The molecule has 2 aromatic rings. The average molecular weight is 351 g/mol. The lowest BCUT2D eigenvalue weighted by molar-refractivity contribution is -0.116. The first-order chi connectivity index (χ1) is 12.7. The summed E-state index contributed by atoms with van der Waals surface area (Å²) in [4.78, 5) is 14.7. The van der Waals surface area contributed by atoms with Crippen molar-refractivity contribution in [2.45, 2.75) is 39.0 Å². The molecule has 1 saturated heterocycles. The Morgan fingerprint density at radius 2 is 1.73 bits per heavy atom. The molecule has 0 radical (unpaired) electrons. The number of para-hydroxylation sites is 1. The van der Waals surface area contributed by atoms with Gasteiger partial charge in [-0.15, -0.1) is 0 Å². The zero-order valence-corrected chi connectivity index (χ0v) is 15.8. The Hall–Kier alpha value is -2.13. The molecule has 1 fully saturated rings. The zero-order valence-electron chi connectivity index (χ0n) is 15.8. The minimum absolute atomic E-state index is 0.123. The third-order valence-electron chi connectivity index (χ3n) is 5.40. The van der Waals surface area contributed by atoms with Gasteiger partial charge >= 0.3 is 0 Å². The number of aryl methyl sites for hydroxylation is 1. The summed E-state index contributed by atoms with van der Waals surface area (Å²) < 4.78 is 0. The third kappa shape index (κ3) is 5.43. The molecular formula is C23H30N2O. The van der Waals surface area contributed by atoms with E-state index in [0.29, 0.717) is 6.42 Å². The van der Waals surface area contributed by atoms with Gasteiger partial charge in [-0.3, -0.25) is 4.79 Å². The van der Waals surface area contributed by atoms with Gasteiger partial charge in [-0.2, -0.15) is 0 Å². The molecule has 3 nitrogen and oxygen atoms in total. The number of nitrogens with zero attached hydrogens (tertiary/aromatic N) is 1. The highest BCUT2D eigenvalue weighted by atomic mass is 16.1. The van der Waals surface area contributed by atoms with Crippen LogP contribution in [0.2, 0.25) is 0 Å². The van der Waals surface area contributed by atoms with Crippen LogP contribution < -0.4 is 5.32 Å². The van der Waals surface area contributed by atoms with Crippen molar-refractivity contribution in [2.75, 3.05) is 25.0 Å². The van der Waals surface area contributed by atoms with Gasteiger partial charge < -0.3 is 10.2 Å². The molecule has 26 heavy (non-hydrogen) atoms. The minimum atomic E-state index is 0.123. The van der Waals surface area contributed by atoms with Crippen LogP contribution in [0, 0.1) is 5.92 Å². The first-order valence-corrected chi connectivity index (χ1v) is 9.88. The van der Waals surface area contributed by atoms with Crippen molar-refractivity contribution in [3.8, 4) is 0 Å². The SMILES string of the molecule is CCc1ccccc1NC(=O)CCN1CCC(Cc2ccccc2)CC1. The fourth-order valence-corrected chi connectivity index (χ4v) is 3.78. The maximum Gasteiger partial charge on any atom is 0.225 e. The quantitative estimate of drug-likeness (QED) is 0.795. The number of amides is 1. The first-order valence-electron chi connectivity index (χ1n) is 9.88. The molecule has 2 aromatic carbocycles. The fraction of sp³-hybridized carbons (Fsp3) is 0.435. The van der Waals surface area contributed by atoms with Crippen LogP contribution in [0.4, 0.5) is 5.69 Å². The average Bonchev–Trinajstić information content (AvgIpc) is 2.69. The second-order valence-electron chi connectivity index (χ2n) is 7.28. The molecular weight excluding hydrogens is 320 g/mol. The van der Waals surface area contributed by atoms with E-state index in [1.165, 1.54) is 30.4 Å². The number of piperidine rings is 1. The van der Waals surface area contributed by atoms with Crippen molar-refractivity contribution in [2.24, 2.45) is 5.92 Å². The van der Waals surface area contributed by atoms with E-state index in [0.717, 1.165) is 37.7 Å². The van der Waals surface area contributed by atoms with Gasteiger partial charge in [0.2, 0.25) is 5.91 Å². The Kier molecular flexibility index (Phi) is 6.84. The van der Waals surface area contributed by atoms with E-state index in [9.17, 15) is 4.79 Å². The monoisotopic (exact) mass is 350 g/mol. The standard InChI is InChI=1S/C23H30N2O/c1-2-21-10-6-7-11-22(21)24-23(26)14-17-25-15-12-20(13-16-25)18-19-8-4-3-5-9-19/h3-11,20H,2,12-18H2,1H3,(H,24,26). The van der Waals surface area contributed by atoms with Crippen LogP contribution >= 0.6 is 0 Å². The molecule has 3 heteroatoms. The van der Waals surface area contributed by atoms with Gasteiger partial charge in [-0.1, -0.05) is 55.5 Å². The van der Waals surface area contributed by atoms with E-state index in [2.05, 4.69) is 53.5 Å². The van der Waals surface area contributed by atoms with Crippen LogP contribution in [0.15, 0.2) is 54.6 Å². The highest BCUT2D eigenvalue weighted by molar-refractivity contribution is 5.91. The highest BCUT2D eigenvalue weighted by Crippen LogP contribution is 2.22. The number of likely N-dealkylation sites (tertiary alicyclic amines) is 1. The summed E-state index contributed by atoms with van der Waals surface area (Å²) in [5.41, 5.74) is 3.60. The lowest BCUT2D eigenvalue weighted by atomic mass is 9.90. The van der Waals surface area contributed by atoms with Crippen LogP contribution in [-0.2, 0) is 17.6 Å². The molecule has 0 atom stereocenters. The summed E-state index contributed by atoms with van der Waals surface area (Å²) in [6, 6.07) is 18.9. The zero-order chi connectivity index (χ0) is 18.2. The predicted molar refractivity (Wildman–Crippen MR) is 108 cm³/mol. The molecule has 0 bridgehead atoms. The Labute approximate surface area is 157 Å². The number of carbonyl (C=O) groups excluding carboxylic acids is 1. The smallest absolute Gasteiger partial charge is 0.225 e. The number of carbonyl (C=O) groups is 1.